The van der Waals surface area contributed by atoms with Gasteiger partial charge in [-0.25, -0.2) is 0 Å². The summed E-state index contributed by atoms with van der Waals surface area (Å²) in [6.07, 6.45) is 21.4. The molecule has 1 rings (SSSR count). The average molecular weight is 224 g/mol. The molecule has 2 heteroatoms. The van der Waals surface area contributed by atoms with E-state index in [9.17, 15) is 0 Å². The first kappa shape index (κ1) is 12.5. The van der Waals surface area contributed by atoms with E-state index in [1.165, 1.54) is 0 Å². The Balaban J connectivity index is 3.96. The first-order valence-electron chi connectivity index (χ1n) is 4.60. The number of hydrogen-bond donors (Lipinski definition) is 0. The van der Waals surface area contributed by atoms with E-state index >= 15 is 0 Å². The molecule has 0 saturated carbocycles. The van der Waals surface area contributed by atoms with Crippen LogP contribution < -0.4 is 0 Å². The predicted molar refractivity (Wildman–Crippen MR) is 67.6 cm³/mol. The molecule has 2 nitrogen and oxygen atoms in total. The highest BCUT2D eigenvalue weighted by Crippen LogP contribution is 2.37. The van der Waals surface area contributed by atoms with Crippen LogP contribution in [0.3, 0.4) is 0 Å². The number of nitriles is 2. The summed E-state index contributed by atoms with van der Waals surface area (Å²) in [7, 11) is 0. The Labute approximate surface area is 106 Å². The largest absolute Gasteiger partial charge is 0.192 e. The van der Waals surface area contributed by atoms with Gasteiger partial charge in [0.25, 0.3) is 0 Å². The molecule has 78 valence electrons. The lowest BCUT2D eigenvalue weighted by Gasteiger charge is -1.99. The first-order valence-corrected chi connectivity index (χ1v) is 4.60. The van der Waals surface area contributed by atoms with Crippen LogP contribution in [0.5, 0.6) is 0 Å². The molecule has 0 amide bonds. The van der Waals surface area contributed by atoms with E-state index in [4.69, 9.17) is 36.2 Å². The normalized spacial score (nSPS) is 12.7. The number of hydrogen-bond acceptors (Lipinski definition) is 2. The molecule has 0 aromatic rings. The molecule has 0 spiro atoms. The Morgan fingerprint density at radius 1 is 0.667 bits per heavy atom. The van der Waals surface area contributed by atoms with Crippen molar-refractivity contribution in [1.29, 1.82) is 10.5 Å². The highest BCUT2D eigenvalue weighted by molar-refractivity contribution is 5.83. The molecule has 0 aromatic heterocycles. The van der Waals surface area contributed by atoms with E-state index in [0.717, 1.165) is 0 Å². The second kappa shape index (κ2) is 4.98. The molecular formula is C16H4N2. The lowest BCUT2D eigenvalue weighted by molar-refractivity contribution is 1.42. The first-order chi connectivity index (χ1) is 8.69. The van der Waals surface area contributed by atoms with Crippen molar-refractivity contribution in [3.05, 3.63) is 33.4 Å². The Hall–Kier alpha value is -3.56. The lowest BCUT2D eigenvalue weighted by atomic mass is 9.98. The maximum absolute atomic E-state index is 8.91. The standard InChI is InChI=1S/C16H4N2/c1-5-12-13(6-2)15(8-4)16(14(12)7-3)11(9-17)10-18/h1-4H. The summed E-state index contributed by atoms with van der Waals surface area (Å²) in [6, 6.07) is 3.47. The van der Waals surface area contributed by atoms with Gasteiger partial charge in [-0.15, -0.1) is 25.7 Å². The topological polar surface area (TPSA) is 47.6 Å². The smallest absolute Gasteiger partial charge is 0.139 e. The molecule has 0 aliphatic heterocycles. The molecule has 0 radical (unpaired) electrons. The van der Waals surface area contributed by atoms with Crippen molar-refractivity contribution >= 4 is 0 Å². The highest BCUT2D eigenvalue weighted by atomic mass is 14.3. The molecule has 1 aliphatic carbocycles. The van der Waals surface area contributed by atoms with Crippen LogP contribution in [0.4, 0.5) is 0 Å². The Bertz CT molecular complexity index is 705. The zero-order chi connectivity index (χ0) is 13.7. The van der Waals surface area contributed by atoms with Crippen molar-refractivity contribution in [3.63, 3.8) is 0 Å². The van der Waals surface area contributed by atoms with Crippen molar-refractivity contribution in [2.45, 2.75) is 0 Å². The van der Waals surface area contributed by atoms with E-state index in [-0.39, 0.29) is 33.4 Å². The van der Waals surface area contributed by atoms with Gasteiger partial charge >= 0.3 is 0 Å². The summed E-state index contributed by atoms with van der Waals surface area (Å²) >= 11 is 0. The van der Waals surface area contributed by atoms with Gasteiger partial charge in [-0.2, -0.15) is 10.5 Å². The van der Waals surface area contributed by atoms with Crippen molar-refractivity contribution in [1.82, 2.24) is 0 Å². The van der Waals surface area contributed by atoms with Crippen LogP contribution in [-0.4, -0.2) is 0 Å². The molecule has 0 aromatic carbocycles. The summed E-state index contributed by atoms with van der Waals surface area (Å²) < 4.78 is 0. The van der Waals surface area contributed by atoms with Crippen molar-refractivity contribution < 1.29 is 0 Å². The molecule has 0 saturated heterocycles. The van der Waals surface area contributed by atoms with Gasteiger partial charge in [-0.1, -0.05) is 23.7 Å². The summed E-state index contributed by atoms with van der Waals surface area (Å²) in [4.78, 5) is 0. The zero-order valence-electron chi connectivity index (χ0n) is 9.20. The second-order valence-electron chi connectivity index (χ2n) is 3.05. The summed E-state index contributed by atoms with van der Waals surface area (Å²) in [5.74, 6) is 9.38. The van der Waals surface area contributed by atoms with Crippen LogP contribution in [0.1, 0.15) is 0 Å². The molecule has 0 unspecified atom stereocenters. The van der Waals surface area contributed by atoms with E-state index in [1.54, 1.807) is 12.1 Å². The number of allylic oxidation sites excluding steroid dienone is 6. The van der Waals surface area contributed by atoms with E-state index in [0.29, 0.717) is 0 Å². The van der Waals surface area contributed by atoms with Crippen LogP contribution in [0.25, 0.3) is 0 Å². The van der Waals surface area contributed by atoms with Gasteiger partial charge in [-0.3, -0.25) is 0 Å². The van der Waals surface area contributed by atoms with Crippen LogP contribution in [0, 0.1) is 72.0 Å². The third-order valence-corrected chi connectivity index (χ3v) is 2.30. The average Bonchev–Trinajstić information content (AvgIpc) is 2.72. The molecule has 0 heterocycles. The van der Waals surface area contributed by atoms with Crippen molar-refractivity contribution in [2.75, 3.05) is 0 Å². The van der Waals surface area contributed by atoms with Gasteiger partial charge in [0.05, 0.1) is 22.3 Å². The van der Waals surface area contributed by atoms with E-state index in [2.05, 4.69) is 23.7 Å². The molecule has 18 heavy (non-hydrogen) atoms. The van der Waals surface area contributed by atoms with Gasteiger partial charge in [0, 0.05) is 5.57 Å². The van der Waals surface area contributed by atoms with Gasteiger partial charge in [0.15, 0.2) is 0 Å². The van der Waals surface area contributed by atoms with Gasteiger partial charge in [-0.05, 0) is 0 Å². The molecule has 1 aliphatic rings. The lowest BCUT2D eigenvalue weighted by Crippen LogP contribution is -1.92. The predicted octanol–water partition coefficient (Wildman–Crippen LogP) is 1.47. The Kier molecular flexibility index (Phi) is 3.46. The van der Waals surface area contributed by atoms with Crippen molar-refractivity contribution in [2.24, 2.45) is 0 Å². The SMILES string of the molecule is C#CC1=C(C#C)C(=C(C#N)C#N)C(C#C)=C1C#C. The fraction of sp³-hybridized carbons (Fsp3) is 0. The monoisotopic (exact) mass is 224 g/mol. The Morgan fingerprint density at radius 2 is 1.00 bits per heavy atom. The van der Waals surface area contributed by atoms with Crippen LogP contribution >= 0.6 is 0 Å². The third-order valence-electron chi connectivity index (χ3n) is 2.30. The second-order valence-corrected chi connectivity index (χ2v) is 3.05. The maximum atomic E-state index is 8.91. The van der Waals surface area contributed by atoms with Crippen molar-refractivity contribution in [3.8, 4) is 61.5 Å². The Morgan fingerprint density at radius 3 is 1.22 bits per heavy atom. The van der Waals surface area contributed by atoms with E-state index in [1.807, 2.05) is 0 Å². The zero-order valence-corrected chi connectivity index (χ0v) is 9.20. The van der Waals surface area contributed by atoms with Gasteiger partial charge in [0.2, 0.25) is 0 Å². The molecule has 0 fully saturated rings. The fourth-order valence-corrected chi connectivity index (χ4v) is 1.59. The van der Waals surface area contributed by atoms with Crippen LogP contribution in [0.2, 0.25) is 0 Å². The summed E-state index contributed by atoms with van der Waals surface area (Å²) in [6.45, 7) is 0. The quantitative estimate of drug-likeness (QED) is 0.462. The molecular weight excluding hydrogens is 220 g/mol. The summed E-state index contributed by atoms with van der Waals surface area (Å²) in [5.41, 5.74) is 0.949. The minimum absolute atomic E-state index is 0.172. The maximum Gasteiger partial charge on any atom is 0.139 e. The molecule has 0 bridgehead atoms. The minimum atomic E-state index is -0.200. The number of nitrogens with zero attached hydrogens (tertiary/aromatic N) is 2. The van der Waals surface area contributed by atoms with Crippen LogP contribution in [0.15, 0.2) is 33.4 Å². The number of rotatable bonds is 0. The van der Waals surface area contributed by atoms with Crippen LogP contribution in [-0.2, 0) is 0 Å². The number of terminal acetylenes is 4. The van der Waals surface area contributed by atoms with Gasteiger partial charge in [0.1, 0.15) is 17.7 Å². The molecule has 0 atom stereocenters. The fourth-order valence-electron chi connectivity index (χ4n) is 1.59. The van der Waals surface area contributed by atoms with E-state index < -0.39 is 0 Å². The third kappa shape index (κ3) is 1.55. The summed E-state index contributed by atoms with van der Waals surface area (Å²) in [5, 5.41) is 17.8. The molecule has 0 N–H and O–H groups in total. The minimum Gasteiger partial charge on any atom is -0.192 e. The highest BCUT2D eigenvalue weighted by Gasteiger charge is 2.28. The van der Waals surface area contributed by atoms with Gasteiger partial charge < -0.3 is 0 Å².